The number of hydrogen-bond donors (Lipinski definition) is 2. The first-order chi connectivity index (χ1) is 32.5. The van der Waals surface area contributed by atoms with Crippen molar-refractivity contribution in [3.8, 4) is 45.4 Å². The van der Waals surface area contributed by atoms with Gasteiger partial charge in [-0.15, -0.1) is 0 Å². The predicted octanol–water partition coefficient (Wildman–Crippen LogP) is 8.33. The molecule has 340 valence electrons. The van der Waals surface area contributed by atoms with Gasteiger partial charge in [-0.2, -0.15) is 14.8 Å². The van der Waals surface area contributed by atoms with E-state index >= 15 is 0 Å². The quantitative estimate of drug-likeness (QED) is 0.166. The molecule has 0 saturated carbocycles. The summed E-state index contributed by atoms with van der Waals surface area (Å²) in [5.41, 5.74) is 14.4. The number of hydrogen-bond acceptors (Lipinski definition) is 9. The number of fused-ring (bicyclic) bond motifs is 2. The van der Waals surface area contributed by atoms with Crippen molar-refractivity contribution in [2.45, 2.75) is 69.2 Å². The van der Waals surface area contributed by atoms with Gasteiger partial charge in [-0.3, -0.25) is 9.59 Å². The maximum Gasteiger partial charge on any atom is 0.336 e. The molecule has 0 amide bonds. The monoisotopic (exact) mass is 903 g/mol. The van der Waals surface area contributed by atoms with Crippen molar-refractivity contribution in [3.05, 3.63) is 201 Å². The summed E-state index contributed by atoms with van der Waals surface area (Å²) in [6, 6.07) is 27.6. The molecule has 0 bridgehead atoms. The third-order valence-corrected chi connectivity index (χ3v) is 12.6. The highest BCUT2D eigenvalue weighted by Crippen LogP contribution is 2.27. The Morgan fingerprint density at radius 3 is 1.32 bits per heavy atom. The molecule has 0 spiro atoms. The molecule has 0 aliphatic rings. The number of aryl methyl sites for hydroxylation is 10. The summed E-state index contributed by atoms with van der Waals surface area (Å²) in [5.74, 6) is 0.264. The Kier molecular flexibility index (Phi) is 11.4. The van der Waals surface area contributed by atoms with Crippen LogP contribution in [-0.2, 0) is 0 Å². The Morgan fingerprint density at radius 2 is 0.853 bits per heavy atom. The minimum Gasteiger partial charge on any atom is -0.303 e. The average molecular weight is 904 g/mol. The van der Waals surface area contributed by atoms with Crippen molar-refractivity contribution in [3.63, 3.8) is 0 Å². The van der Waals surface area contributed by atoms with E-state index in [1.165, 1.54) is 0 Å². The minimum absolute atomic E-state index is 0.00713. The number of benzene rings is 4. The van der Waals surface area contributed by atoms with E-state index in [0.717, 1.165) is 87.3 Å². The number of nitrogens with zero attached hydrogens (tertiary/aromatic N) is 9. The third kappa shape index (κ3) is 7.76. The Bertz CT molecular complexity index is 3630. The third-order valence-electron chi connectivity index (χ3n) is 12.6. The molecule has 0 aliphatic carbocycles. The van der Waals surface area contributed by atoms with Gasteiger partial charge in [0.25, 0.3) is 11.1 Å². The lowest BCUT2D eigenvalue weighted by molar-refractivity contribution is 0.815. The summed E-state index contributed by atoms with van der Waals surface area (Å²) in [5, 5.41) is 9.19. The Hall–Kier alpha value is -8.59. The van der Waals surface area contributed by atoms with E-state index in [1.807, 2.05) is 115 Å². The molecule has 4 aromatic carbocycles. The standard InChI is InChI=1S/C27H25N5O2.C26H24N6O2/c1-15-8-6-7-9-21(15)20-10-11-23(28-14-20)31-26(33)25-24(29-27(31)34)19(5)30-32(25)22-13-17(3)16(2)12-18(22)4;1-14-8-6-7-9-20(14)19-12-27-25(28-13-19)31-24(33)23-22(29-26(31)34)18(5)30-32(23)21-11-16(3)15(2)10-17(21)4/h6-14H,1-5H3,(H,29,34);6-13H,1-5H3,(H,29,34). The SMILES string of the molecule is Cc1cc(C)c(-n2nc(C)c3[nH]c(=O)n(-c4ccc(-c5ccccc5C)cn4)c(=O)c32)cc1C.Cc1cc(C)c(-n2nc(C)c3[nH]c(=O)n(-c4ncc(-c5ccccc5C)cn4)c(=O)c32)cc1C. The van der Waals surface area contributed by atoms with Crippen molar-refractivity contribution in [2.75, 3.05) is 0 Å². The van der Waals surface area contributed by atoms with Gasteiger partial charge in [0.2, 0.25) is 5.95 Å². The number of nitrogens with one attached hydrogen (secondary N) is 2. The van der Waals surface area contributed by atoms with E-state index < -0.39 is 22.5 Å². The van der Waals surface area contributed by atoms with Crippen LogP contribution in [0.2, 0.25) is 0 Å². The average Bonchev–Trinajstić information content (AvgIpc) is 3.82. The summed E-state index contributed by atoms with van der Waals surface area (Å²) in [7, 11) is 0. The van der Waals surface area contributed by atoms with Crippen molar-refractivity contribution in [1.29, 1.82) is 0 Å². The van der Waals surface area contributed by atoms with Crippen LogP contribution in [-0.4, -0.2) is 53.6 Å². The molecule has 0 unspecified atom stereocenters. The second-order valence-corrected chi connectivity index (χ2v) is 17.3. The van der Waals surface area contributed by atoms with Crippen LogP contribution in [0.25, 0.3) is 67.5 Å². The lowest BCUT2D eigenvalue weighted by Crippen LogP contribution is -2.35. The summed E-state index contributed by atoms with van der Waals surface area (Å²) >= 11 is 0. The summed E-state index contributed by atoms with van der Waals surface area (Å²) < 4.78 is 5.25. The van der Waals surface area contributed by atoms with E-state index in [2.05, 4.69) is 54.2 Å². The van der Waals surface area contributed by atoms with Gasteiger partial charge in [0.15, 0.2) is 11.0 Å². The molecule has 68 heavy (non-hydrogen) atoms. The Labute approximate surface area is 390 Å². The lowest BCUT2D eigenvalue weighted by atomic mass is 10.0. The van der Waals surface area contributed by atoms with Crippen molar-refractivity contribution in [1.82, 2.24) is 53.6 Å². The predicted molar refractivity (Wildman–Crippen MR) is 266 cm³/mol. The molecule has 6 heterocycles. The molecule has 2 N–H and O–H groups in total. The van der Waals surface area contributed by atoms with Crippen LogP contribution >= 0.6 is 0 Å². The maximum absolute atomic E-state index is 13.7. The molecule has 0 saturated heterocycles. The van der Waals surface area contributed by atoms with Gasteiger partial charge in [0, 0.05) is 29.7 Å². The number of aromatic nitrogens is 11. The van der Waals surface area contributed by atoms with Crippen molar-refractivity contribution in [2.24, 2.45) is 0 Å². The van der Waals surface area contributed by atoms with Gasteiger partial charge in [0.1, 0.15) is 5.82 Å². The smallest absolute Gasteiger partial charge is 0.303 e. The van der Waals surface area contributed by atoms with Crippen LogP contribution < -0.4 is 22.5 Å². The zero-order chi connectivity index (χ0) is 48.3. The normalized spacial score (nSPS) is 11.3. The molecular formula is C53H49N11O4. The largest absolute Gasteiger partial charge is 0.336 e. The van der Waals surface area contributed by atoms with Crippen LogP contribution in [0.1, 0.15) is 55.9 Å². The zero-order valence-electron chi connectivity index (χ0n) is 39.5. The van der Waals surface area contributed by atoms with Gasteiger partial charge < -0.3 is 9.97 Å². The molecule has 15 nitrogen and oxygen atoms in total. The molecule has 0 fully saturated rings. The topological polar surface area (TPSA) is 184 Å². The van der Waals surface area contributed by atoms with Gasteiger partial charge >= 0.3 is 11.4 Å². The first-order valence-corrected chi connectivity index (χ1v) is 22.1. The van der Waals surface area contributed by atoms with Gasteiger partial charge in [-0.05, 0) is 149 Å². The number of rotatable bonds is 6. The highest BCUT2D eigenvalue weighted by Gasteiger charge is 2.22. The first-order valence-electron chi connectivity index (χ1n) is 22.1. The molecular weight excluding hydrogens is 855 g/mol. The molecule has 15 heteroatoms. The van der Waals surface area contributed by atoms with Gasteiger partial charge in [0.05, 0.1) is 33.8 Å². The van der Waals surface area contributed by atoms with Gasteiger partial charge in [-0.25, -0.2) is 38.5 Å². The summed E-state index contributed by atoms with van der Waals surface area (Å²) in [6.07, 6.45) is 4.93. The maximum atomic E-state index is 13.7. The highest BCUT2D eigenvalue weighted by molar-refractivity contribution is 5.80. The Morgan fingerprint density at radius 1 is 0.426 bits per heavy atom. The molecule has 10 rings (SSSR count). The molecule has 10 aromatic rings. The Balaban J connectivity index is 0.000000170. The molecule has 0 aliphatic heterocycles. The summed E-state index contributed by atoms with van der Waals surface area (Å²) in [4.78, 5) is 72.0. The molecule has 6 aromatic heterocycles. The van der Waals surface area contributed by atoms with Crippen LogP contribution in [0.3, 0.4) is 0 Å². The minimum atomic E-state index is -0.611. The second kappa shape index (κ2) is 17.3. The first kappa shape index (κ1) is 44.6. The van der Waals surface area contributed by atoms with E-state index in [-0.39, 0.29) is 17.3 Å². The number of pyridine rings is 1. The number of aromatic amines is 2. The lowest BCUT2D eigenvalue weighted by Gasteiger charge is -2.11. The van der Waals surface area contributed by atoms with Crippen LogP contribution in [0.15, 0.2) is 123 Å². The van der Waals surface area contributed by atoms with E-state index in [9.17, 15) is 19.2 Å². The highest BCUT2D eigenvalue weighted by atomic mass is 16.2. The van der Waals surface area contributed by atoms with Crippen LogP contribution in [0.4, 0.5) is 0 Å². The number of H-pyrrole nitrogens is 2. The van der Waals surface area contributed by atoms with E-state index in [1.54, 1.807) is 47.9 Å². The van der Waals surface area contributed by atoms with Crippen LogP contribution in [0, 0.1) is 69.2 Å². The van der Waals surface area contributed by atoms with E-state index in [0.29, 0.717) is 27.9 Å². The van der Waals surface area contributed by atoms with Crippen LogP contribution in [0.5, 0.6) is 0 Å². The van der Waals surface area contributed by atoms with E-state index in [4.69, 9.17) is 0 Å². The van der Waals surface area contributed by atoms with Gasteiger partial charge in [-0.1, -0.05) is 60.7 Å². The summed E-state index contributed by atoms with van der Waals surface area (Å²) in [6.45, 7) is 19.7. The second-order valence-electron chi connectivity index (χ2n) is 17.3. The fourth-order valence-electron chi connectivity index (χ4n) is 8.60. The fraction of sp³-hybridized carbons (Fsp3) is 0.189. The van der Waals surface area contributed by atoms with Crippen molar-refractivity contribution < 1.29 is 0 Å². The van der Waals surface area contributed by atoms with Crippen molar-refractivity contribution >= 4 is 22.1 Å². The molecule has 0 radical (unpaired) electrons. The fourth-order valence-corrected chi connectivity index (χ4v) is 8.60. The molecule has 0 atom stereocenters. The zero-order valence-corrected chi connectivity index (χ0v) is 39.5.